The fraction of sp³-hybridized carbons (Fsp3) is 0.429. The van der Waals surface area contributed by atoms with Crippen molar-refractivity contribution in [2.45, 2.75) is 31.3 Å². The standard InChI is InChI=1S/C14H17N3O2.ClH/c1-19-11-4-5-13-12(7-11)14(18)17(8-16-13)10-3-2-9(15)6-10;/h4-5,7-10H,2-3,6,15H2,1H3;1H/t9-,10-;/m1./s1. The van der Waals surface area contributed by atoms with Gasteiger partial charge in [0, 0.05) is 12.1 Å². The van der Waals surface area contributed by atoms with E-state index in [9.17, 15) is 4.79 Å². The first kappa shape index (κ1) is 14.8. The van der Waals surface area contributed by atoms with Crippen molar-refractivity contribution in [2.75, 3.05) is 7.11 Å². The van der Waals surface area contributed by atoms with Crippen molar-refractivity contribution in [3.05, 3.63) is 34.9 Å². The number of ether oxygens (including phenoxy) is 1. The average molecular weight is 296 g/mol. The van der Waals surface area contributed by atoms with Crippen LogP contribution in [0, 0.1) is 0 Å². The second kappa shape index (κ2) is 5.81. The Morgan fingerprint density at radius 1 is 1.40 bits per heavy atom. The second-order valence-electron chi connectivity index (χ2n) is 5.07. The number of benzene rings is 1. The molecule has 1 heterocycles. The molecular formula is C14H18ClN3O2. The Morgan fingerprint density at radius 3 is 2.85 bits per heavy atom. The number of halogens is 1. The van der Waals surface area contributed by atoms with E-state index < -0.39 is 0 Å². The summed E-state index contributed by atoms with van der Waals surface area (Å²) >= 11 is 0. The van der Waals surface area contributed by atoms with E-state index >= 15 is 0 Å². The lowest BCUT2D eigenvalue weighted by atomic mass is 10.2. The predicted molar refractivity (Wildman–Crippen MR) is 80.7 cm³/mol. The molecule has 2 N–H and O–H groups in total. The zero-order valence-electron chi connectivity index (χ0n) is 11.3. The third kappa shape index (κ3) is 2.51. The summed E-state index contributed by atoms with van der Waals surface area (Å²) < 4.78 is 6.88. The third-order valence-corrected chi connectivity index (χ3v) is 3.83. The lowest BCUT2D eigenvalue weighted by molar-refractivity contribution is 0.415. The molecule has 1 aromatic carbocycles. The SMILES string of the molecule is COc1ccc2ncn([C@@H]3CC[C@@H](N)C3)c(=O)c2c1.Cl. The fourth-order valence-electron chi connectivity index (χ4n) is 2.75. The number of aromatic nitrogens is 2. The van der Waals surface area contributed by atoms with E-state index in [4.69, 9.17) is 10.5 Å². The fourth-order valence-corrected chi connectivity index (χ4v) is 2.75. The molecule has 2 aromatic rings. The van der Waals surface area contributed by atoms with Gasteiger partial charge < -0.3 is 10.5 Å². The highest BCUT2D eigenvalue weighted by Crippen LogP contribution is 2.28. The van der Waals surface area contributed by atoms with Gasteiger partial charge >= 0.3 is 0 Å². The van der Waals surface area contributed by atoms with Crippen LogP contribution >= 0.6 is 12.4 Å². The summed E-state index contributed by atoms with van der Waals surface area (Å²) in [6.07, 6.45) is 4.39. The minimum atomic E-state index is -0.0111. The summed E-state index contributed by atoms with van der Waals surface area (Å²) in [6.45, 7) is 0. The third-order valence-electron chi connectivity index (χ3n) is 3.83. The van der Waals surface area contributed by atoms with Gasteiger partial charge in [0.2, 0.25) is 0 Å². The van der Waals surface area contributed by atoms with Crippen molar-refractivity contribution in [2.24, 2.45) is 5.73 Å². The van der Waals surface area contributed by atoms with E-state index in [-0.39, 0.29) is 30.0 Å². The largest absolute Gasteiger partial charge is 0.497 e. The van der Waals surface area contributed by atoms with Gasteiger partial charge in [-0.15, -0.1) is 12.4 Å². The van der Waals surface area contributed by atoms with E-state index in [2.05, 4.69) is 4.98 Å². The van der Waals surface area contributed by atoms with Gasteiger partial charge in [0.1, 0.15) is 5.75 Å². The molecule has 0 aliphatic heterocycles. The first-order chi connectivity index (χ1) is 9.19. The number of nitrogens with zero attached hydrogens (tertiary/aromatic N) is 2. The van der Waals surface area contributed by atoms with Crippen molar-refractivity contribution in [1.29, 1.82) is 0 Å². The van der Waals surface area contributed by atoms with E-state index in [1.54, 1.807) is 30.1 Å². The van der Waals surface area contributed by atoms with Crippen LogP contribution in [0.1, 0.15) is 25.3 Å². The molecule has 6 heteroatoms. The molecule has 2 atom stereocenters. The molecule has 0 unspecified atom stereocenters. The molecule has 0 spiro atoms. The van der Waals surface area contributed by atoms with Crippen molar-refractivity contribution in [3.63, 3.8) is 0 Å². The molecule has 0 radical (unpaired) electrons. The van der Waals surface area contributed by atoms with Gasteiger partial charge in [0.05, 0.1) is 24.3 Å². The maximum absolute atomic E-state index is 12.5. The first-order valence-corrected chi connectivity index (χ1v) is 6.49. The number of fused-ring (bicyclic) bond motifs is 1. The smallest absolute Gasteiger partial charge is 0.261 e. The zero-order chi connectivity index (χ0) is 13.4. The summed E-state index contributed by atoms with van der Waals surface area (Å²) in [5, 5.41) is 0.599. The number of methoxy groups -OCH3 is 1. The average Bonchev–Trinajstić information content (AvgIpc) is 2.85. The van der Waals surface area contributed by atoms with E-state index in [1.165, 1.54) is 0 Å². The molecular weight excluding hydrogens is 278 g/mol. The Kier molecular flexibility index (Phi) is 4.30. The molecule has 5 nitrogen and oxygen atoms in total. The maximum Gasteiger partial charge on any atom is 0.261 e. The number of hydrogen-bond acceptors (Lipinski definition) is 4. The molecule has 3 rings (SSSR count). The zero-order valence-corrected chi connectivity index (χ0v) is 12.1. The topological polar surface area (TPSA) is 70.1 Å². The second-order valence-corrected chi connectivity index (χ2v) is 5.07. The lowest BCUT2D eigenvalue weighted by Crippen LogP contribution is -2.25. The molecule has 1 aromatic heterocycles. The van der Waals surface area contributed by atoms with Gasteiger partial charge in [-0.25, -0.2) is 4.98 Å². The summed E-state index contributed by atoms with van der Waals surface area (Å²) in [4.78, 5) is 16.9. The molecule has 1 aliphatic carbocycles. The Labute approximate surface area is 123 Å². The Balaban J connectivity index is 0.00000147. The molecule has 1 aliphatic rings. The van der Waals surface area contributed by atoms with Crippen LogP contribution in [0.2, 0.25) is 0 Å². The summed E-state index contributed by atoms with van der Waals surface area (Å²) in [5.41, 5.74) is 6.60. The summed E-state index contributed by atoms with van der Waals surface area (Å²) in [6, 6.07) is 5.73. The normalized spacial score (nSPS) is 21.7. The van der Waals surface area contributed by atoms with Crippen LogP contribution in [0.5, 0.6) is 5.75 Å². The van der Waals surface area contributed by atoms with Gasteiger partial charge in [-0.3, -0.25) is 9.36 Å². The first-order valence-electron chi connectivity index (χ1n) is 6.49. The highest BCUT2D eigenvalue weighted by molar-refractivity contribution is 5.85. The Bertz CT molecular complexity index is 671. The van der Waals surface area contributed by atoms with Gasteiger partial charge in [0.15, 0.2) is 0 Å². The molecule has 0 saturated heterocycles. The quantitative estimate of drug-likeness (QED) is 0.918. The van der Waals surface area contributed by atoms with Gasteiger partial charge in [-0.05, 0) is 37.5 Å². The van der Waals surface area contributed by atoms with E-state index in [1.807, 2.05) is 6.07 Å². The highest BCUT2D eigenvalue weighted by atomic mass is 35.5. The maximum atomic E-state index is 12.5. The minimum Gasteiger partial charge on any atom is -0.497 e. The van der Waals surface area contributed by atoms with Crippen LogP contribution in [0.15, 0.2) is 29.3 Å². The van der Waals surface area contributed by atoms with Gasteiger partial charge in [-0.2, -0.15) is 0 Å². The molecule has 1 saturated carbocycles. The molecule has 20 heavy (non-hydrogen) atoms. The summed E-state index contributed by atoms with van der Waals surface area (Å²) in [7, 11) is 1.59. The summed E-state index contributed by atoms with van der Waals surface area (Å²) in [5.74, 6) is 0.673. The number of hydrogen-bond donors (Lipinski definition) is 1. The molecule has 0 bridgehead atoms. The van der Waals surface area contributed by atoms with Gasteiger partial charge in [0.25, 0.3) is 5.56 Å². The van der Waals surface area contributed by atoms with Crippen LogP contribution in [0.3, 0.4) is 0 Å². The van der Waals surface area contributed by atoms with Gasteiger partial charge in [-0.1, -0.05) is 0 Å². The van der Waals surface area contributed by atoms with Crippen LogP contribution < -0.4 is 16.0 Å². The van der Waals surface area contributed by atoms with Crippen molar-refractivity contribution < 1.29 is 4.74 Å². The highest BCUT2D eigenvalue weighted by Gasteiger charge is 2.24. The van der Waals surface area contributed by atoms with Crippen molar-refractivity contribution in [3.8, 4) is 5.75 Å². The van der Waals surface area contributed by atoms with Crippen molar-refractivity contribution >= 4 is 23.3 Å². The lowest BCUT2D eigenvalue weighted by Gasteiger charge is -2.14. The Hall–Kier alpha value is -1.59. The van der Waals surface area contributed by atoms with Crippen molar-refractivity contribution in [1.82, 2.24) is 9.55 Å². The van der Waals surface area contributed by atoms with E-state index in [0.29, 0.717) is 16.7 Å². The van der Waals surface area contributed by atoms with Crippen LogP contribution in [0.4, 0.5) is 0 Å². The van der Waals surface area contributed by atoms with E-state index in [0.717, 1.165) is 19.3 Å². The molecule has 0 amide bonds. The predicted octanol–water partition coefficient (Wildman–Crippen LogP) is 1.88. The van der Waals surface area contributed by atoms with Crippen LogP contribution in [-0.4, -0.2) is 22.7 Å². The monoisotopic (exact) mass is 295 g/mol. The number of rotatable bonds is 2. The van der Waals surface area contributed by atoms with Crippen LogP contribution in [0.25, 0.3) is 10.9 Å². The molecule has 1 fully saturated rings. The van der Waals surface area contributed by atoms with Crippen LogP contribution in [-0.2, 0) is 0 Å². The number of nitrogens with two attached hydrogens (primary N) is 1. The Morgan fingerprint density at radius 2 is 2.20 bits per heavy atom. The minimum absolute atomic E-state index is 0. The molecule has 108 valence electrons.